The maximum atomic E-state index is 12.4. The Balaban J connectivity index is 1.81. The predicted octanol–water partition coefficient (Wildman–Crippen LogP) is 2.20. The van der Waals surface area contributed by atoms with Crippen molar-refractivity contribution in [2.24, 2.45) is 0 Å². The highest BCUT2D eigenvalue weighted by Crippen LogP contribution is 2.14. The molecule has 1 aromatic heterocycles. The number of hydrogen-bond donors (Lipinski definition) is 1. The molecule has 0 saturated carbocycles. The molecule has 0 aliphatic heterocycles. The molecule has 26 heavy (non-hydrogen) atoms. The number of benzene rings is 1. The van der Waals surface area contributed by atoms with Gasteiger partial charge < -0.3 is 10.0 Å². The Labute approximate surface area is 156 Å². The summed E-state index contributed by atoms with van der Waals surface area (Å²) < 4.78 is 1.24. The number of carboxylic acids is 1. The summed E-state index contributed by atoms with van der Waals surface area (Å²) in [4.78, 5) is 24.8. The summed E-state index contributed by atoms with van der Waals surface area (Å²) in [7, 11) is 0. The van der Waals surface area contributed by atoms with Gasteiger partial charge in [0, 0.05) is 24.5 Å². The Kier molecular flexibility index (Phi) is 7.88. The molecule has 0 unspecified atom stereocenters. The standard InChI is InChI=1S/C18H22N4O3S/c1-2-9-21(11-16-12-22(20-19-16)13-18(24)25)17(23)8-10-26-14-15-6-4-3-5-7-15/h2-7,12H,1,8-11,13-14H2,(H,24,25). The van der Waals surface area contributed by atoms with Gasteiger partial charge in [-0.25, -0.2) is 4.68 Å². The van der Waals surface area contributed by atoms with Crippen molar-refractivity contribution in [3.05, 3.63) is 60.4 Å². The zero-order valence-corrected chi connectivity index (χ0v) is 15.3. The number of thioether (sulfide) groups is 1. The Morgan fingerprint density at radius 1 is 1.31 bits per heavy atom. The van der Waals surface area contributed by atoms with E-state index in [1.807, 2.05) is 18.2 Å². The Bertz CT molecular complexity index is 733. The second kappa shape index (κ2) is 10.4. The van der Waals surface area contributed by atoms with Crippen molar-refractivity contribution in [1.82, 2.24) is 19.9 Å². The minimum absolute atomic E-state index is 0.0123. The van der Waals surface area contributed by atoms with Gasteiger partial charge in [-0.1, -0.05) is 41.6 Å². The molecule has 2 rings (SSSR count). The van der Waals surface area contributed by atoms with Crippen molar-refractivity contribution in [3.8, 4) is 0 Å². The summed E-state index contributed by atoms with van der Waals surface area (Å²) in [6.07, 6.45) is 3.63. The maximum absolute atomic E-state index is 12.4. The first kappa shape index (κ1) is 19.7. The molecule has 1 amide bonds. The molecule has 8 heteroatoms. The molecule has 0 spiro atoms. The van der Waals surface area contributed by atoms with Gasteiger partial charge in [-0.05, 0) is 5.56 Å². The molecule has 0 bridgehead atoms. The van der Waals surface area contributed by atoms with E-state index < -0.39 is 5.97 Å². The highest BCUT2D eigenvalue weighted by atomic mass is 32.2. The number of carbonyl (C=O) groups excluding carboxylic acids is 1. The second-order valence-electron chi connectivity index (χ2n) is 5.65. The first-order chi connectivity index (χ1) is 12.6. The number of amides is 1. The fourth-order valence-electron chi connectivity index (χ4n) is 2.31. The zero-order valence-electron chi connectivity index (χ0n) is 14.5. The molecule has 138 valence electrons. The number of hydrogen-bond acceptors (Lipinski definition) is 5. The van der Waals surface area contributed by atoms with Crippen LogP contribution in [-0.2, 0) is 28.4 Å². The van der Waals surface area contributed by atoms with Crippen molar-refractivity contribution in [2.45, 2.75) is 25.3 Å². The molecule has 0 aliphatic carbocycles. The van der Waals surface area contributed by atoms with Crippen LogP contribution in [-0.4, -0.2) is 49.2 Å². The number of aliphatic carboxylic acids is 1. The Morgan fingerprint density at radius 2 is 2.08 bits per heavy atom. The number of carboxylic acid groups (broad SMARTS) is 1. The van der Waals surface area contributed by atoms with Gasteiger partial charge in [-0.2, -0.15) is 11.8 Å². The van der Waals surface area contributed by atoms with Crippen LogP contribution in [0.1, 0.15) is 17.7 Å². The first-order valence-electron chi connectivity index (χ1n) is 8.19. The summed E-state index contributed by atoms with van der Waals surface area (Å²) in [6.45, 7) is 4.13. The molecule has 7 nitrogen and oxygen atoms in total. The third-order valence-corrected chi connectivity index (χ3v) is 4.54. The van der Waals surface area contributed by atoms with Crippen LogP contribution in [0.3, 0.4) is 0 Å². The van der Waals surface area contributed by atoms with Gasteiger partial charge in [0.2, 0.25) is 5.91 Å². The van der Waals surface area contributed by atoms with Crippen molar-refractivity contribution in [2.75, 3.05) is 12.3 Å². The van der Waals surface area contributed by atoms with E-state index in [-0.39, 0.29) is 19.0 Å². The number of carbonyl (C=O) groups is 2. The summed E-state index contributed by atoms with van der Waals surface area (Å²) >= 11 is 1.72. The molecule has 1 N–H and O–H groups in total. The lowest BCUT2D eigenvalue weighted by Gasteiger charge is -2.19. The van der Waals surface area contributed by atoms with Gasteiger partial charge in [0.15, 0.2) is 0 Å². The smallest absolute Gasteiger partial charge is 0.325 e. The monoisotopic (exact) mass is 374 g/mol. The molecule has 1 heterocycles. The van der Waals surface area contributed by atoms with Crippen LogP contribution < -0.4 is 0 Å². The van der Waals surface area contributed by atoms with E-state index in [1.54, 1.807) is 28.9 Å². The van der Waals surface area contributed by atoms with Crippen molar-refractivity contribution < 1.29 is 14.7 Å². The van der Waals surface area contributed by atoms with Crippen molar-refractivity contribution >= 4 is 23.6 Å². The van der Waals surface area contributed by atoms with Gasteiger partial charge in [0.05, 0.1) is 12.7 Å². The summed E-state index contributed by atoms with van der Waals surface area (Å²) in [5, 5.41) is 16.4. The number of nitrogens with zero attached hydrogens (tertiary/aromatic N) is 4. The molecule has 0 atom stereocenters. The van der Waals surface area contributed by atoms with Crippen molar-refractivity contribution in [3.63, 3.8) is 0 Å². The van der Waals surface area contributed by atoms with Crippen LogP contribution >= 0.6 is 11.8 Å². The lowest BCUT2D eigenvalue weighted by Crippen LogP contribution is -2.31. The van der Waals surface area contributed by atoms with Crippen LogP contribution in [0.4, 0.5) is 0 Å². The van der Waals surface area contributed by atoms with E-state index >= 15 is 0 Å². The second-order valence-corrected chi connectivity index (χ2v) is 6.76. The Morgan fingerprint density at radius 3 is 2.77 bits per heavy atom. The third-order valence-electron chi connectivity index (χ3n) is 3.51. The maximum Gasteiger partial charge on any atom is 0.325 e. The summed E-state index contributed by atoms with van der Waals surface area (Å²) in [5.41, 5.74) is 1.79. The van der Waals surface area contributed by atoms with Gasteiger partial charge in [0.25, 0.3) is 0 Å². The van der Waals surface area contributed by atoms with E-state index in [0.717, 1.165) is 11.5 Å². The van der Waals surface area contributed by atoms with Crippen molar-refractivity contribution in [1.29, 1.82) is 0 Å². The highest BCUT2D eigenvalue weighted by Gasteiger charge is 2.15. The molecule has 1 aromatic carbocycles. The quantitative estimate of drug-likeness (QED) is 0.479. The molecule has 0 radical (unpaired) electrons. The molecular weight excluding hydrogens is 352 g/mol. The molecular formula is C18H22N4O3S. The van der Waals surface area contributed by atoms with Gasteiger partial charge in [0.1, 0.15) is 12.2 Å². The number of aromatic nitrogens is 3. The average molecular weight is 374 g/mol. The van der Waals surface area contributed by atoms with E-state index in [0.29, 0.717) is 18.7 Å². The average Bonchev–Trinajstić information content (AvgIpc) is 3.05. The first-order valence-corrected chi connectivity index (χ1v) is 9.35. The summed E-state index contributed by atoms with van der Waals surface area (Å²) in [5.74, 6) is 0.626. The molecule has 2 aromatic rings. The fraction of sp³-hybridized carbons (Fsp3) is 0.333. The normalized spacial score (nSPS) is 10.5. The summed E-state index contributed by atoms with van der Waals surface area (Å²) in [6, 6.07) is 10.1. The Hall–Kier alpha value is -2.61. The van der Waals surface area contributed by atoms with E-state index in [9.17, 15) is 9.59 Å². The van der Waals surface area contributed by atoms with Crippen LogP contribution in [0, 0.1) is 0 Å². The van der Waals surface area contributed by atoms with Gasteiger partial charge in [-0.3, -0.25) is 9.59 Å². The predicted molar refractivity (Wildman–Crippen MR) is 100 cm³/mol. The minimum atomic E-state index is -0.990. The largest absolute Gasteiger partial charge is 0.480 e. The van der Waals surface area contributed by atoms with Gasteiger partial charge >= 0.3 is 5.97 Å². The van der Waals surface area contributed by atoms with Gasteiger partial charge in [-0.15, -0.1) is 11.7 Å². The van der Waals surface area contributed by atoms with Crippen LogP contribution in [0.2, 0.25) is 0 Å². The van der Waals surface area contributed by atoms with E-state index in [4.69, 9.17) is 5.11 Å². The van der Waals surface area contributed by atoms with Crippen LogP contribution in [0.5, 0.6) is 0 Å². The molecule has 0 fully saturated rings. The van der Waals surface area contributed by atoms with E-state index in [2.05, 4.69) is 29.0 Å². The van der Waals surface area contributed by atoms with Crippen LogP contribution in [0.15, 0.2) is 49.2 Å². The SMILES string of the molecule is C=CCN(Cc1cn(CC(=O)O)nn1)C(=O)CCSCc1ccccc1. The lowest BCUT2D eigenvalue weighted by atomic mass is 10.2. The number of rotatable bonds is 11. The fourth-order valence-corrected chi connectivity index (χ4v) is 3.21. The lowest BCUT2D eigenvalue weighted by molar-refractivity contribution is -0.138. The van der Waals surface area contributed by atoms with E-state index in [1.165, 1.54) is 10.2 Å². The third kappa shape index (κ3) is 6.72. The highest BCUT2D eigenvalue weighted by molar-refractivity contribution is 7.98. The van der Waals surface area contributed by atoms with Crippen LogP contribution in [0.25, 0.3) is 0 Å². The zero-order chi connectivity index (χ0) is 18.8. The minimum Gasteiger partial charge on any atom is -0.480 e. The topological polar surface area (TPSA) is 88.3 Å². The molecule has 0 aliphatic rings. The molecule has 0 saturated heterocycles.